The first-order valence-corrected chi connectivity index (χ1v) is 5.61. The Morgan fingerprint density at radius 2 is 2.12 bits per heavy atom. The summed E-state index contributed by atoms with van der Waals surface area (Å²) < 4.78 is 1.18. The summed E-state index contributed by atoms with van der Waals surface area (Å²) in [6.07, 6.45) is 0. The van der Waals surface area contributed by atoms with Gasteiger partial charge in [0.1, 0.15) is 0 Å². The number of hydrogen-bond acceptors (Lipinski definition) is 3. The topological polar surface area (TPSA) is 54.9 Å². The Bertz CT molecular complexity index is 642. The first kappa shape index (κ1) is 11.0. The Hall–Kier alpha value is -1.49. The summed E-state index contributed by atoms with van der Waals surface area (Å²) in [5.41, 5.74) is 0.942. The number of thiol groups is 1. The smallest absolute Gasteiger partial charge is 0.307 e. The highest BCUT2D eigenvalue weighted by atomic mass is 32.1. The van der Waals surface area contributed by atoms with Crippen molar-refractivity contribution in [2.45, 2.75) is 13.5 Å². The van der Waals surface area contributed by atoms with Crippen molar-refractivity contribution in [3.05, 3.63) is 44.6 Å². The van der Waals surface area contributed by atoms with E-state index < -0.39 is 0 Å². The van der Waals surface area contributed by atoms with Gasteiger partial charge < -0.3 is 4.98 Å². The van der Waals surface area contributed by atoms with Gasteiger partial charge in [0.15, 0.2) is 0 Å². The van der Waals surface area contributed by atoms with Crippen molar-refractivity contribution in [3.63, 3.8) is 0 Å². The third-order valence-corrected chi connectivity index (χ3v) is 2.66. The highest BCUT2D eigenvalue weighted by molar-refractivity contribution is 7.80. The molecular weight excluding hydrogens is 224 g/mol. The molecule has 5 heteroatoms. The van der Waals surface area contributed by atoms with Gasteiger partial charge >= 0.3 is 5.69 Å². The molecule has 0 aliphatic rings. The third-order valence-electron chi connectivity index (χ3n) is 2.46. The van der Waals surface area contributed by atoms with E-state index in [1.807, 2.05) is 13.0 Å². The molecule has 0 amide bonds. The first-order chi connectivity index (χ1) is 7.63. The Morgan fingerprint density at radius 1 is 1.38 bits per heavy atom. The first-order valence-electron chi connectivity index (χ1n) is 4.98. The highest BCUT2D eigenvalue weighted by Gasteiger charge is 2.06. The van der Waals surface area contributed by atoms with E-state index in [9.17, 15) is 9.59 Å². The number of nitrogens with one attached hydrogen (secondary N) is 1. The lowest BCUT2D eigenvalue weighted by Crippen LogP contribution is -2.35. The number of H-pyrrole nitrogens is 1. The molecule has 0 aliphatic heterocycles. The van der Waals surface area contributed by atoms with Crippen LogP contribution in [0.5, 0.6) is 0 Å². The lowest BCUT2D eigenvalue weighted by molar-refractivity contribution is 0.692. The number of aryl methyl sites for hydroxylation is 1. The summed E-state index contributed by atoms with van der Waals surface area (Å²) in [7, 11) is 0. The molecule has 0 spiro atoms. The molecule has 0 unspecified atom stereocenters. The Balaban J connectivity index is 2.85. The normalized spacial score (nSPS) is 10.9. The molecule has 1 aromatic heterocycles. The van der Waals surface area contributed by atoms with Crippen LogP contribution < -0.4 is 11.2 Å². The van der Waals surface area contributed by atoms with Crippen LogP contribution in [-0.4, -0.2) is 15.3 Å². The van der Waals surface area contributed by atoms with Crippen LogP contribution in [0, 0.1) is 6.92 Å². The van der Waals surface area contributed by atoms with Gasteiger partial charge in [0.2, 0.25) is 0 Å². The van der Waals surface area contributed by atoms with E-state index in [1.165, 1.54) is 4.57 Å². The largest absolute Gasteiger partial charge is 0.328 e. The van der Waals surface area contributed by atoms with E-state index in [4.69, 9.17) is 0 Å². The lowest BCUT2D eigenvalue weighted by atomic mass is 10.2. The third kappa shape index (κ3) is 1.78. The van der Waals surface area contributed by atoms with Gasteiger partial charge in [-0.15, -0.1) is 0 Å². The molecule has 0 aliphatic carbocycles. The van der Waals surface area contributed by atoms with E-state index in [1.54, 1.807) is 12.1 Å². The summed E-state index contributed by atoms with van der Waals surface area (Å²) in [6.45, 7) is 2.23. The molecule has 0 saturated carbocycles. The molecule has 16 heavy (non-hydrogen) atoms. The van der Waals surface area contributed by atoms with Crippen molar-refractivity contribution in [3.8, 4) is 0 Å². The van der Waals surface area contributed by atoms with Crippen molar-refractivity contribution in [2.75, 3.05) is 5.75 Å². The number of aromatic nitrogens is 2. The van der Waals surface area contributed by atoms with E-state index in [-0.39, 0.29) is 11.2 Å². The summed E-state index contributed by atoms with van der Waals surface area (Å²) in [4.78, 5) is 26.3. The second-order valence-corrected chi connectivity index (χ2v) is 4.11. The number of hydrogen-bond donors (Lipinski definition) is 2. The molecule has 1 aromatic carbocycles. The number of rotatable bonds is 2. The van der Waals surface area contributed by atoms with Crippen LogP contribution in [0.4, 0.5) is 0 Å². The average Bonchev–Trinajstić information content (AvgIpc) is 2.26. The average molecular weight is 236 g/mol. The van der Waals surface area contributed by atoms with Crippen LogP contribution in [0.3, 0.4) is 0 Å². The van der Waals surface area contributed by atoms with Crippen LogP contribution in [0.15, 0.2) is 27.8 Å². The highest BCUT2D eigenvalue weighted by Crippen LogP contribution is 2.07. The maximum Gasteiger partial charge on any atom is 0.328 e. The summed E-state index contributed by atoms with van der Waals surface area (Å²) in [5, 5.41) is 0.543. The van der Waals surface area contributed by atoms with E-state index >= 15 is 0 Å². The minimum Gasteiger partial charge on any atom is -0.307 e. The van der Waals surface area contributed by atoms with Gasteiger partial charge in [-0.3, -0.25) is 9.36 Å². The van der Waals surface area contributed by atoms with Crippen molar-refractivity contribution in [1.82, 2.24) is 9.55 Å². The molecule has 0 atom stereocenters. The molecule has 0 saturated heterocycles. The van der Waals surface area contributed by atoms with E-state index in [2.05, 4.69) is 17.6 Å². The molecule has 84 valence electrons. The minimum absolute atomic E-state index is 0.253. The van der Waals surface area contributed by atoms with Gasteiger partial charge in [0, 0.05) is 12.3 Å². The van der Waals surface area contributed by atoms with Crippen molar-refractivity contribution in [2.24, 2.45) is 0 Å². The number of benzene rings is 1. The maximum absolute atomic E-state index is 12.0. The monoisotopic (exact) mass is 236 g/mol. The summed E-state index contributed by atoms with van der Waals surface area (Å²) in [6, 6.07) is 5.39. The summed E-state index contributed by atoms with van der Waals surface area (Å²) >= 11 is 4.03. The van der Waals surface area contributed by atoms with Gasteiger partial charge in [-0.2, -0.15) is 12.6 Å². The second-order valence-electron chi connectivity index (χ2n) is 3.66. The van der Waals surface area contributed by atoms with Crippen molar-refractivity contribution in [1.29, 1.82) is 0 Å². The van der Waals surface area contributed by atoms with Gasteiger partial charge in [-0.25, -0.2) is 4.79 Å². The molecule has 1 N–H and O–H groups in total. The Morgan fingerprint density at radius 3 is 2.81 bits per heavy atom. The molecule has 0 bridgehead atoms. The fourth-order valence-electron chi connectivity index (χ4n) is 1.67. The molecule has 2 rings (SSSR count). The Labute approximate surface area is 97.3 Å². The SMILES string of the molecule is Cc1ccc2[nH]c(=O)n(CCS)c(=O)c2c1. The van der Waals surface area contributed by atoms with Crippen LogP contribution in [0.25, 0.3) is 10.9 Å². The van der Waals surface area contributed by atoms with Gasteiger partial charge in [-0.1, -0.05) is 11.6 Å². The zero-order valence-corrected chi connectivity index (χ0v) is 9.75. The quantitative estimate of drug-likeness (QED) is 0.762. The molecule has 1 heterocycles. The lowest BCUT2D eigenvalue weighted by Gasteiger charge is -2.04. The standard InChI is InChI=1S/C11H12N2O2S/c1-7-2-3-9-8(6-7)10(14)13(4-5-16)11(15)12-9/h2-3,6,16H,4-5H2,1H3,(H,12,15). The number of nitrogens with zero attached hydrogens (tertiary/aromatic N) is 1. The van der Waals surface area contributed by atoms with Crippen molar-refractivity contribution < 1.29 is 0 Å². The van der Waals surface area contributed by atoms with Gasteiger partial charge in [-0.05, 0) is 19.1 Å². The van der Waals surface area contributed by atoms with E-state index in [0.717, 1.165) is 5.56 Å². The predicted molar refractivity (Wildman–Crippen MR) is 67.4 cm³/mol. The van der Waals surface area contributed by atoms with Gasteiger partial charge in [0.05, 0.1) is 10.9 Å². The minimum atomic E-state index is -0.379. The Kier molecular flexibility index (Phi) is 2.87. The number of fused-ring (bicyclic) bond motifs is 1. The van der Waals surface area contributed by atoms with Crippen LogP contribution in [-0.2, 0) is 6.54 Å². The van der Waals surface area contributed by atoms with Crippen LogP contribution in [0.1, 0.15) is 5.56 Å². The second kappa shape index (κ2) is 4.17. The van der Waals surface area contributed by atoms with Gasteiger partial charge in [0.25, 0.3) is 5.56 Å². The van der Waals surface area contributed by atoms with E-state index in [0.29, 0.717) is 23.2 Å². The maximum atomic E-state index is 12.0. The van der Waals surface area contributed by atoms with Crippen LogP contribution in [0.2, 0.25) is 0 Å². The van der Waals surface area contributed by atoms with Crippen molar-refractivity contribution >= 4 is 23.5 Å². The fourth-order valence-corrected chi connectivity index (χ4v) is 1.87. The molecule has 0 radical (unpaired) electrons. The zero-order chi connectivity index (χ0) is 11.7. The zero-order valence-electron chi connectivity index (χ0n) is 8.86. The molecular formula is C11H12N2O2S. The molecule has 0 fully saturated rings. The predicted octanol–water partition coefficient (Wildman–Crippen LogP) is 0.928. The summed E-state index contributed by atoms with van der Waals surface area (Å²) in [5.74, 6) is 0.459. The molecule has 4 nitrogen and oxygen atoms in total. The number of aromatic amines is 1. The van der Waals surface area contributed by atoms with Crippen LogP contribution >= 0.6 is 12.6 Å². The molecule has 2 aromatic rings. The fraction of sp³-hybridized carbons (Fsp3) is 0.273.